The molecule has 1 fully saturated rings. The normalized spacial score (nSPS) is 17.6. The molecule has 0 unspecified atom stereocenters. The first-order chi connectivity index (χ1) is 9.79. The van der Waals surface area contributed by atoms with E-state index in [0.29, 0.717) is 18.9 Å². The fourth-order valence-corrected chi connectivity index (χ4v) is 2.35. The highest BCUT2D eigenvalue weighted by Gasteiger charge is 2.23. The molecule has 116 valence electrons. The number of amides is 1. The van der Waals surface area contributed by atoms with Gasteiger partial charge in [0.1, 0.15) is 11.4 Å². The van der Waals surface area contributed by atoms with Gasteiger partial charge in [0.15, 0.2) is 0 Å². The molecule has 1 aliphatic rings. The monoisotopic (exact) mass is 292 g/mol. The van der Waals surface area contributed by atoms with E-state index in [1.165, 1.54) is 6.20 Å². The maximum Gasteiger partial charge on any atom is 0.263 e. The molecule has 1 aliphatic heterocycles. The molecule has 1 amide bonds. The number of hydrogen-bond donors (Lipinski definition) is 1. The van der Waals surface area contributed by atoms with Crippen LogP contribution in [0, 0.1) is 0 Å². The molecule has 6 heteroatoms. The molecular weight excluding hydrogens is 268 g/mol. The third kappa shape index (κ3) is 3.69. The highest BCUT2D eigenvalue weighted by molar-refractivity contribution is 5.93. The number of nitrogens with one attached hydrogen (secondary N) is 1. The van der Waals surface area contributed by atoms with Gasteiger partial charge in [-0.15, -0.1) is 0 Å². The molecule has 0 radical (unpaired) electrons. The van der Waals surface area contributed by atoms with Crippen molar-refractivity contribution < 1.29 is 4.79 Å². The summed E-state index contributed by atoms with van der Waals surface area (Å²) >= 11 is 0. The van der Waals surface area contributed by atoms with E-state index in [2.05, 4.69) is 14.9 Å². The summed E-state index contributed by atoms with van der Waals surface area (Å²) in [6, 6.07) is 0. The molecule has 6 nitrogen and oxygen atoms in total. The molecule has 1 aromatic rings. The van der Waals surface area contributed by atoms with Crippen LogP contribution in [0.5, 0.6) is 0 Å². The minimum absolute atomic E-state index is 0.132. The number of aromatic nitrogens is 2. The second kappa shape index (κ2) is 5.97. The molecule has 0 saturated carbocycles. The molecule has 1 saturated heterocycles. The predicted octanol–water partition coefficient (Wildman–Crippen LogP) is 0.845. The Bertz CT molecular complexity index is 574. The first-order valence-corrected chi connectivity index (χ1v) is 7.36. The average Bonchev–Trinajstić information content (AvgIpc) is 2.61. The van der Waals surface area contributed by atoms with Crippen LogP contribution in [-0.2, 0) is 5.41 Å². The Kier molecular flexibility index (Phi) is 4.46. The van der Waals surface area contributed by atoms with Gasteiger partial charge in [-0.2, -0.15) is 0 Å². The van der Waals surface area contributed by atoms with Crippen LogP contribution in [0.1, 0.15) is 43.4 Å². The summed E-state index contributed by atoms with van der Waals surface area (Å²) < 4.78 is 0. The highest BCUT2D eigenvalue weighted by Crippen LogP contribution is 2.16. The van der Waals surface area contributed by atoms with Gasteiger partial charge in [-0.3, -0.25) is 9.59 Å². The Morgan fingerprint density at radius 3 is 2.57 bits per heavy atom. The van der Waals surface area contributed by atoms with Crippen molar-refractivity contribution >= 4 is 5.91 Å². The topological polar surface area (TPSA) is 69.3 Å². The van der Waals surface area contributed by atoms with Gasteiger partial charge in [-0.05, 0) is 20.0 Å². The minimum Gasteiger partial charge on any atom is -0.337 e. The Balaban J connectivity index is 2.22. The number of H-pyrrole nitrogens is 1. The molecule has 21 heavy (non-hydrogen) atoms. The summed E-state index contributed by atoms with van der Waals surface area (Å²) in [5.41, 5.74) is -0.462. The van der Waals surface area contributed by atoms with Crippen molar-refractivity contribution in [2.24, 2.45) is 0 Å². The van der Waals surface area contributed by atoms with Crippen LogP contribution in [0.4, 0.5) is 0 Å². The summed E-state index contributed by atoms with van der Waals surface area (Å²) in [7, 11) is 2.04. The van der Waals surface area contributed by atoms with Gasteiger partial charge in [-0.25, -0.2) is 4.98 Å². The van der Waals surface area contributed by atoms with Crippen LogP contribution < -0.4 is 5.56 Å². The average molecular weight is 292 g/mol. The number of rotatable bonds is 1. The third-order valence-corrected chi connectivity index (χ3v) is 3.75. The van der Waals surface area contributed by atoms with Crippen molar-refractivity contribution in [3.63, 3.8) is 0 Å². The van der Waals surface area contributed by atoms with E-state index >= 15 is 0 Å². The minimum atomic E-state index is -0.350. The van der Waals surface area contributed by atoms with Gasteiger partial charge in [0, 0.05) is 31.2 Å². The van der Waals surface area contributed by atoms with Crippen LogP contribution in [0.15, 0.2) is 11.0 Å². The lowest BCUT2D eigenvalue weighted by atomic mass is 9.96. The molecule has 0 atom stereocenters. The van der Waals surface area contributed by atoms with Gasteiger partial charge < -0.3 is 14.8 Å². The van der Waals surface area contributed by atoms with Crippen LogP contribution in [0.3, 0.4) is 0 Å². The van der Waals surface area contributed by atoms with Crippen LogP contribution >= 0.6 is 0 Å². The number of hydrogen-bond acceptors (Lipinski definition) is 4. The lowest BCUT2D eigenvalue weighted by Crippen LogP contribution is -2.38. The summed E-state index contributed by atoms with van der Waals surface area (Å²) in [5.74, 6) is 0.374. The number of aromatic amines is 1. The molecule has 2 rings (SSSR count). The first kappa shape index (κ1) is 15.7. The zero-order chi connectivity index (χ0) is 15.6. The molecule has 0 bridgehead atoms. The van der Waals surface area contributed by atoms with E-state index < -0.39 is 0 Å². The van der Waals surface area contributed by atoms with Crippen LogP contribution in [0.2, 0.25) is 0 Å². The van der Waals surface area contributed by atoms with Crippen molar-refractivity contribution in [3.05, 3.63) is 27.9 Å². The number of carbonyl (C=O) groups excluding carboxylic acids is 1. The summed E-state index contributed by atoms with van der Waals surface area (Å²) in [4.78, 5) is 35.6. The van der Waals surface area contributed by atoms with Crippen molar-refractivity contribution in [1.29, 1.82) is 0 Å². The zero-order valence-corrected chi connectivity index (χ0v) is 13.3. The smallest absolute Gasteiger partial charge is 0.263 e. The predicted molar refractivity (Wildman–Crippen MR) is 81.6 cm³/mol. The third-order valence-electron chi connectivity index (χ3n) is 3.75. The molecule has 0 spiro atoms. The Morgan fingerprint density at radius 2 is 1.95 bits per heavy atom. The van der Waals surface area contributed by atoms with Gasteiger partial charge in [0.05, 0.1) is 0 Å². The van der Waals surface area contributed by atoms with Crippen LogP contribution in [0.25, 0.3) is 0 Å². The zero-order valence-electron chi connectivity index (χ0n) is 13.3. The van der Waals surface area contributed by atoms with E-state index in [-0.39, 0.29) is 22.4 Å². The molecule has 0 aliphatic carbocycles. The van der Waals surface area contributed by atoms with Gasteiger partial charge in [-0.1, -0.05) is 20.8 Å². The number of likely N-dealkylation sites (N-methyl/N-ethyl adjacent to an activating group) is 1. The fraction of sp³-hybridized carbons (Fsp3) is 0.667. The first-order valence-electron chi connectivity index (χ1n) is 7.36. The summed E-state index contributed by atoms with van der Waals surface area (Å²) in [6.07, 6.45) is 2.34. The Morgan fingerprint density at radius 1 is 1.24 bits per heavy atom. The lowest BCUT2D eigenvalue weighted by molar-refractivity contribution is 0.0760. The molecule has 1 N–H and O–H groups in total. The van der Waals surface area contributed by atoms with Crippen molar-refractivity contribution in [2.75, 3.05) is 33.2 Å². The summed E-state index contributed by atoms with van der Waals surface area (Å²) in [5, 5.41) is 0. The summed E-state index contributed by atoms with van der Waals surface area (Å²) in [6.45, 7) is 9.05. The van der Waals surface area contributed by atoms with Gasteiger partial charge in [0.25, 0.3) is 11.5 Å². The highest BCUT2D eigenvalue weighted by atomic mass is 16.2. The van der Waals surface area contributed by atoms with E-state index in [9.17, 15) is 9.59 Å². The Labute approximate surface area is 125 Å². The van der Waals surface area contributed by atoms with E-state index in [0.717, 1.165) is 19.5 Å². The van der Waals surface area contributed by atoms with Gasteiger partial charge >= 0.3 is 0 Å². The molecular formula is C15H24N4O2. The number of nitrogens with zero attached hydrogens (tertiary/aromatic N) is 3. The maximum atomic E-state index is 12.5. The van der Waals surface area contributed by atoms with Crippen molar-refractivity contribution in [2.45, 2.75) is 32.6 Å². The second-order valence-electron chi connectivity index (χ2n) is 6.67. The Hall–Kier alpha value is -1.69. The SMILES string of the molecule is CN1CCCN(C(=O)c2cnc(C(C)(C)C)[nH]c2=O)CC1. The maximum absolute atomic E-state index is 12.5. The molecule has 0 aromatic carbocycles. The molecule has 2 heterocycles. The quantitative estimate of drug-likeness (QED) is 0.833. The lowest BCUT2D eigenvalue weighted by Gasteiger charge is -2.21. The van der Waals surface area contributed by atoms with Gasteiger partial charge in [0.2, 0.25) is 0 Å². The number of carbonyl (C=O) groups is 1. The molecule has 1 aromatic heterocycles. The van der Waals surface area contributed by atoms with Crippen LogP contribution in [-0.4, -0.2) is 58.9 Å². The largest absolute Gasteiger partial charge is 0.337 e. The van der Waals surface area contributed by atoms with Crippen molar-refractivity contribution in [1.82, 2.24) is 19.8 Å². The van der Waals surface area contributed by atoms with E-state index in [1.54, 1.807) is 4.90 Å². The fourth-order valence-electron chi connectivity index (χ4n) is 2.35. The van der Waals surface area contributed by atoms with E-state index in [1.807, 2.05) is 27.8 Å². The van der Waals surface area contributed by atoms with E-state index in [4.69, 9.17) is 0 Å². The van der Waals surface area contributed by atoms with Crippen molar-refractivity contribution in [3.8, 4) is 0 Å². The second-order valence-corrected chi connectivity index (χ2v) is 6.67. The standard InChI is InChI=1S/C15H24N4O2/c1-15(2,3)14-16-10-11(12(20)17-14)13(21)19-7-5-6-18(4)8-9-19/h10H,5-9H2,1-4H3,(H,16,17,20).